The molecule has 0 amide bonds. The zero-order valence-corrected chi connectivity index (χ0v) is 12.3. The summed E-state index contributed by atoms with van der Waals surface area (Å²) in [4.78, 5) is 0. The molecule has 2 atom stereocenters. The predicted molar refractivity (Wildman–Crippen MR) is 71.9 cm³/mol. The van der Waals surface area contributed by atoms with Crippen molar-refractivity contribution in [3.63, 3.8) is 0 Å². The summed E-state index contributed by atoms with van der Waals surface area (Å²) in [6.45, 7) is 8.75. The number of hydrogen-bond donors (Lipinski definition) is 0. The maximum atomic E-state index is 5.84. The first kappa shape index (κ1) is 16.1. The van der Waals surface area contributed by atoms with Crippen LogP contribution >= 0.6 is 0 Å². The summed E-state index contributed by atoms with van der Waals surface area (Å²) in [6.07, 6.45) is 0.255. The molecule has 0 saturated carbocycles. The second-order valence-electron chi connectivity index (χ2n) is 5.12. The Morgan fingerprint density at radius 3 is 2.40 bits per heavy atom. The van der Waals surface area contributed by atoms with E-state index in [4.69, 9.17) is 28.4 Å². The van der Waals surface area contributed by atoms with Crippen LogP contribution in [-0.2, 0) is 28.4 Å². The molecular formula is C14H26O6. The van der Waals surface area contributed by atoms with Crippen LogP contribution in [0.5, 0.6) is 0 Å². The maximum absolute atomic E-state index is 5.84. The van der Waals surface area contributed by atoms with Gasteiger partial charge in [0.05, 0.1) is 59.5 Å². The Kier molecular flexibility index (Phi) is 7.79. The number of rotatable bonds is 13. The molecular weight excluding hydrogens is 264 g/mol. The minimum atomic E-state index is -0.0315. The summed E-state index contributed by atoms with van der Waals surface area (Å²) >= 11 is 0. The summed E-state index contributed by atoms with van der Waals surface area (Å²) in [5.74, 6) is 0.521. The van der Waals surface area contributed by atoms with E-state index >= 15 is 0 Å². The molecule has 2 heterocycles. The maximum Gasteiger partial charge on any atom is 0.104 e. The van der Waals surface area contributed by atoms with Gasteiger partial charge in [-0.25, -0.2) is 0 Å². The van der Waals surface area contributed by atoms with Gasteiger partial charge < -0.3 is 28.4 Å². The molecule has 118 valence electrons. The molecule has 6 heteroatoms. The van der Waals surface area contributed by atoms with Gasteiger partial charge in [0.2, 0.25) is 0 Å². The Morgan fingerprint density at radius 2 is 1.75 bits per heavy atom. The summed E-state index contributed by atoms with van der Waals surface area (Å²) in [5, 5.41) is 0. The van der Waals surface area contributed by atoms with E-state index in [1.54, 1.807) is 0 Å². The molecule has 2 unspecified atom stereocenters. The van der Waals surface area contributed by atoms with Gasteiger partial charge >= 0.3 is 0 Å². The lowest BCUT2D eigenvalue weighted by Gasteiger charge is -2.28. The third-order valence-electron chi connectivity index (χ3n) is 3.16. The van der Waals surface area contributed by atoms with E-state index in [1.807, 2.05) is 6.92 Å². The van der Waals surface area contributed by atoms with Crippen LogP contribution < -0.4 is 0 Å². The van der Waals surface area contributed by atoms with Crippen LogP contribution in [0.1, 0.15) is 6.92 Å². The Balaban J connectivity index is 1.53. The minimum Gasteiger partial charge on any atom is -0.381 e. The lowest BCUT2D eigenvalue weighted by molar-refractivity contribution is -0.117. The molecule has 0 radical (unpaired) electrons. The number of epoxide rings is 1. The first-order chi connectivity index (χ1) is 9.88. The van der Waals surface area contributed by atoms with Gasteiger partial charge in [-0.15, -0.1) is 0 Å². The zero-order chi connectivity index (χ0) is 14.0. The lowest BCUT2D eigenvalue weighted by atomic mass is 10.1. The Morgan fingerprint density at radius 1 is 1.00 bits per heavy atom. The first-order valence-electron chi connectivity index (χ1n) is 7.42. The van der Waals surface area contributed by atoms with Crippen molar-refractivity contribution in [2.75, 3.05) is 66.1 Å². The molecule has 2 aliphatic heterocycles. The Hall–Kier alpha value is -0.240. The van der Waals surface area contributed by atoms with Gasteiger partial charge in [0.1, 0.15) is 12.2 Å². The minimum absolute atomic E-state index is 0.0315. The fourth-order valence-electron chi connectivity index (χ4n) is 1.77. The SMILES string of the molecule is CCOCCOCC(COCC1CO1)OCC1COC1. The Bertz CT molecular complexity index is 242. The Labute approximate surface area is 120 Å². The third-order valence-corrected chi connectivity index (χ3v) is 3.16. The highest BCUT2D eigenvalue weighted by Crippen LogP contribution is 2.12. The molecule has 0 spiro atoms. The molecule has 20 heavy (non-hydrogen) atoms. The monoisotopic (exact) mass is 290 g/mol. The predicted octanol–water partition coefficient (Wildman–Crippen LogP) is 0.487. The van der Waals surface area contributed by atoms with Crippen LogP contribution in [0, 0.1) is 5.92 Å². The normalized spacial score (nSPS) is 23.6. The highest BCUT2D eigenvalue weighted by molar-refractivity contribution is 4.69. The summed E-state index contributed by atoms with van der Waals surface area (Å²) in [6, 6.07) is 0. The molecule has 2 saturated heterocycles. The molecule has 0 aliphatic carbocycles. The van der Waals surface area contributed by atoms with Crippen LogP contribution in [0.2, 0.25) is 0 Å². The molecule has 2 rings (SSSR count). The van der Waals surface area contributed by atoms with Gasteiger partial charge in [-0.3, -0.25) is 0 Å². The summed E-state index contributed by atoms with van der Waals surface area (Å²) < 4.78 is 32.5. The van der Waals surface area contributed by atoms with Gasteiger partial charge in [0, 0.05) is 12.5 Å². The van der Waals surface area contributed by atoms with E-state index in [2.05, 4.69) is 0 Å². The first-order valence-corrected chi connectivity index (χ1v) is 7.42. The molecule has 0 aromatic rings. The van der Waals surface area contributed by atoms with Crippen LogP contribution in [0.3, 0.4) is 0 Å². The average molecular weight is 290 g/mol. The van der Waals surface area contributed by atoms with Gasteiger partial charge in [0.25, 0.3) is 0 Å². The van der Waals surface area contributed by atoms with Gasteiger partial charge in [0.15, 0.2) is 0 Å². The second kappa shape index (κ2) is 9.65. The van der Waals surface area contributed by atoms with E-state index in [0.717, 1.165) is 26.4 Å². The van der Waals surface area contributed by atoms with Crippen LogP contribution in [0.25, 0.3) is 0 Å². The largest absolute Gasteiger partial charge is 0.381 e. The molecule has 0 aromatic heterocycles. The van der Waals surface area contributed by atoms with Gasteiger partial charge in [-0.2, -0.15) is 0 Å². The van der Waals surface area contributed by atoms with Crippen LogP contribution in [0.4, 0.5) is 0 Å². The van der Waals surface area contributed by atoms with E-state index < -0.39 is 0 Å². The molecule has 0 N–H and O–H groups in total. The summed E-state index contributed by atoms with van der Waals surface area (Å²) in [7, 11) is 0. The number of hydrogen-bond acceptors (Lipinski definition) is 6. The van der Waals surface area contributed by atoms with Crippen molar-refractivity contribution in [2.45, 2.75) is 19.1 Å². The molecule has 0 bridgehead atoms. The van der Waals surface area contributed by atoms with Crippen molar-refractivity contribution in [2.24, 2.45) is 5.92 Å². The summed E-state index contributed by atoms with van der Waals surface area (Å²) in [5.41, 5.74) is 0. The number of ether oxygens (including phenoxy) is 6. The quantitative estimate of drug-likeness (QED) is 0.363. The molecule has 0 aromatic carbocycles. The van der Waals surface area contributed by atoms with Gasteiger partial charge in [-0.05, 0) is 6.92 Å². The van der Waals surface area contributed by atoms with Crippen molar-refractivity contribution < 1.29 is 28.4 Å². The molecule has 2 fully saturated rings. The highest BCUT2D eigenvalue weighted by Gasteiger charge is 2.24. The lowest BCUT2D eigenvalue weighted by Crippen LogP contribution is -2.36. The van der Waals surface area contributed by atoms with E-state index in [9.17, 15) is 0 Å². The average Bonchev–Trinajstić information content (AvgIpc) is 3.20. The van der Waals surface area contributed by atoms with E-state index in [-0.39, 0.29) is 12.2 Å². The van der Waals surface area contributed by atoms with Crippen molar-refractivity contribution in [1.29, 1.82) is 0 Å². The van der Waals surface area contributed by atoms with Crippen molar-refractivity contribution in [3.8, 4) is 0 Å². The van der Waals surface area contributed by atoms with Gasteiger partial charge in [-0.1, -0.05) is 0 Å². The van der Waals surface area contributed by atoms with Crippen molar-refractivity contribution in [3.05, 3.63) is 0 Å². The van der Waals surface area contributed by atoms with Crippen LogP contribution in [0.15, 0.2) is 0 Å². The zero-order valence-electron chi connectivity index (χ0n) is 12.3. The fourth-order valence-corrected chi connectivity index (χ4v) is 1.77. The third kappa shape index (κ3) is 6.97. The van der Waals surface area contributed by atoms with E-state index in [1.165, 1.54) is 0 Å². The molecule has 6 nitrogen and oxygen atoms in total. The smallest absolute Gasteiger partial charge is 0.104 e. The topological polar surface area (TPSA) is 58.7 Å². The standard InChI is InChI=1S/C14H26O6/c1-2-15-3-4-16-8-13(9-18-10-14-11-20-14)19-7-12-5-17-6-12/h12-14H,2-11H2,1H3. The van der Waals surface area contributed by atoms with Crippen molar-refractivity contribution >= 4 is 0 Å². The van der Waals surface area contributed by atoms with Crippen LogP contribution in [-0.4, -0.2) is 78.3 Å². The second-order valence-corrected chi connectivity index (χ2v) is 5.12. The van der Waals surface area contributed by atoms with Crippen molar-refractivity contribution in [1.82, 2.24) is 0 Å². The highest BCUT2D eigenvalue weighted by atomic mass is 16.6. The fraction of sp³-hybridized carbons (Fsp3) is 1.00. The van der Waals surface area contributed by atoms with E-state index in [0.29, 0.717) is 45.6 Å². The molecule has 2 aliphatic rings.